The van der Waals surface area contributed by atoms with Crippen LogP contribution in [0.4, 0.5) is 10.8 Å². The molecule has 202 valence electrons. The summed E-state index contributed by atoms with van der Waals surface area (Å²) in [5.41, 5.74) is 4.27. The fourth-order valence-corrected chi connectivity index (χ4v) is 7.91. The second-order valence-corrected chi connectivity index (χ2v) is 12.9. The van der Waals surface area contributed by atoms with Crippen LogP contribution in [0.2, 0.25) is 0 Å². The van der Waals surface area contributed by atoms with Crippen molar-refractivity contribution in [3.8, 4) is 0 Å². The van der Waals surface area contributed by atoms with Gasteiger partial charge < -0.3 is 4.74 Å². The number of carbonyl (C=O) groups excluding carboxylic acids is 1. The van der Waals surface area contributed by atoms with Crippen LogP contribution in [0.15, 0.2) is 71.6 Å². The lowest BCUT2D eigenvalue weighted by Gasteiger charge is -2.30. The molecular formula is C30H31N3O4S2. The van der Waals surface area contributed by atoms with Gasteiger partial charge in [0.1, 0.15) is 0 Å². The van der Waals surface area contributed by atoms with E-state index in [1.54, 1.807) is 17.0 Å². The minimum atomic E-state index is -3.75. The lowest BCUT2D eigenvalue weighted by atomic mass is 10.0. The molecule has 0 aliphatic carbocycles. The molecule has 1 saturated heterocycles. The number of ether oxygens (including phenoxy) is 1. The number of benzene rings is 3. The van der Waals surface area contributed by atoms with Crippen molar-refractivity contribution in [1.29, 1.82) is 0 Å². The monoisotopic (exact) mass is 561 g/mol. The molecule has 1 unspecified atom stereocenters. The summed E-state index contributed by atoms with van der Waals surface area (Å²) in [5, 5.41) is 0.625. The highest BCUT2D eigenvalue weighted by molar-refractivity contribution is 7.92. The van der Waals surface area contributed by atoms with E-state index in [0.29, 0.717) is 30.4 Å². The van der Waals surface area contributed by atoms with Gasteiger partial charge in [0.25, 0.3) is 15.9 Å². The maximum absolute atomic E-state index is 13.8. The number of sulfonamides is 1. The third kappa shape index (κ3) is 5.06. The summed E-state index contributed by atoms with van der Waals surface area (Å²) < 4.78 is 35.5. The second-order valence-electron chi connectivity index (χ2n) is 10.0. The molecule has 0 bridgehead atoms. The number of anilines is 2. The van der Waals surface area contributed by atoms with E-state index in [2.05, 4.69) is 19.1 Å². The molecule has 2 aliphatic rings. The SMILES string of the molecule is CCc1ccc2nc(N(CC3CCCO3)C(=O)c3ccc(S(=O)(=O)N4CCCc5ccccc54)cc3)sc2c1. The Hall–Kier alpha value is -3.27. The summed E-state index contributed by atoms with van der Waals surface area (Å²) in [6, 6.07) is 20.1. The van der Waals surface area contributed by atoms with E-state index in [0.717, 1.165) is 53.6 Å². The minimum absolute atomic E-state index is 0.0500. The van der Waals surface area contributed by atoms with Crippen LogP contribution in [-0.4, -0.2) is 45.1 Å². The number of thiazole rings is 1. The number of hydrogen-bond acceptors (Lipinski definition) is 6. The molecule has 7 nitrogen and oxygen atoms in total. The fraction of sp³-hybridized carbons (Fsp3) is 0.333. The van der Waals surface area contributed by atoms with Gasteiger partial charge in [-0.15, -0.1) is 0 Å². The van der Waals surface area contributed by atoms with Crippen LogP contribution < -0.4 is 9.21 Å². The van der Waals surface area contributed by atoms with Crippen molar-refractivity contribution in [3.05, 3.63) is 83.4 Å². The largest absolute Gasteiger partial charge is 0.376 e. The zero-order valence-electron chi connectivity index (χ0n) is 21.9. The predicted molar refractivity (Wildman–Crippen MR) is 155 cm³/mol. The van der Waals surface area contributed by atoms with Gasteiger partial charge in [-0.1, -0.05) is 42.5 Å². The number of rotatable bonds is 7. The van der Waals surface area contributed by atoms with Crippen LogP contribution in [0.1, 0.15) is 47.7 Å². The van der Waals surface area contributed by atoms with Crippen LogP contribution in [0.25, 0.3) is 10.2 Å². The van der Waals surface area contributed by atoms with Crippen LogP contribution in [0.5, 0.6) is 0 Å². The van der Waals surface area contributed by atoms with Gasteiger partial charge in [-0.3, -0.25) is 14.0 Å². The molecule has 0 N–H and O–H groups in total. The Morgan fingerprint density at radius 3 is 2.69 bits per heavy atom. The Bertz CT molecular complexity index is 1610. The molecule has 1 atom stereocenters. The number of hydrogen-bond donors (Lipinski definition) is 0. The molecule has 6 rings (SSSR count). The lowest BCUT2D eigenvalue weighted by molar-refractivity contribution is 0.0917. The quantitative estimate of drug-likeness (QED) is 0.284. The summed E-state index contributed by atoms with van der Waals surface area (Å²) in [6.45, 7) is 3.65. The van der Waals surface area contributed by atoms with Crippen molar-refractivity contribution in [2.75, 3.05) is 28.9 Å². The van der Waals surface area contributed by atoms with Crippen LogP contribution in [-0.2, 0) is 27.6 Å². The van der Waals surface area contributed by atoms with Crippen molar-refractivity contribution < 1.29 is 17.9 Å². The highest BCUT2D eigenvalue weighted by Crippen LogP contribution is 2.34. The molecule has 1 amide bonds. The summed E-state index contributed by atoms with van der Waals surface area (Å²) in [6.07, 6.45) is 4.38. The van der Waals surface area contributed by atoms with Gasteiger partial charge >= 0.3 is 0 Å². The summed E-state index contributed by atoms with van der Waals surface area (Å²) in [7, 11) is -3.75. The summed E-state index contributed by atoms with van der Waals surface area (Å²) >= 11 is 1.50. The average molecular weight is 562 g/mol. The molecule has 0 radical (unpaired) electrons. The zero-order valence-corrected chi connectivity index (χ0v) is 23.5. The number of carbonyl (C=O) groups is 1. The first-order chi connectivity index (χ1) is 18.9. The van der Waals surface area contributed by atoms with Gasteiger partial charge in [0, 0.05) is 18.7 Å². The van der Waals surface area contributed by atoms with Crippen molar-refractivity contribution in [2.24, 2.45) is 0 Å². The fourth-order valence-electron chi connectivity index (χ4n) is 5.33. The van der Waals surface area contributed by atoms with E-state index in [1.807, 2.05) is 30.3 Å². The van der Waals surface area contributed by atoms with Crippen molar-refractivity contribution in [1.82, 2.24) is 4.98 Å². The van der Waals surface area contributed by atoms with Crippen LogP contribution in [0.3, 0.4) is 0 Å². The second kappa shape index (κ2) is 10.7. The molecule has 0 spiro atoms. The molecule has 4 aromatic rings. The number of aryl methyl sites for hydroxylation is 2. The van der Waals surface area contributed by atoms with Gasteiger partial charge in [-0.05, 0) is 85.7 Å². The molecular weight excluding hydrogens is 530 g/mol. The molecule has 3 heterocycles. The number of para-hydroxylation sites is 1. The van der Waals surface area contributed by atoms with E-state index < -0.39 is 10.0 Å². The third-order valence-corrected chi connectivity index (χ3v) is 10.4. The first-order valence-corrected chi connectivity index (χ1v) is 15.7. The van der Waals surface area contributed by atoms with E-state index in [1.165, 1.54) is 33.3 Å². The molecule has 1 aromatic heterocycles. The Kier molecular flexibility index (Phi) is 7.14. The van der Waals surface area contributed by atoms with Gasteiger partial charge in [0.05, 0.1) is 33.4 Å². The first-order valence-electron chi connectivity index (χ1n) is 13.5. The van der Waals surface area contributed by atoms with Gasteiger partial charge in [-0.25, -0.2) is 13.4 Å². The third-order valence-electron chi connectivity index (χ3n) is 7.49. The maximum atomic E-state index is 13.8. The van der Waals surface area contributed by atoms with E-state index in [4.69, 9.17) is 9.72 Å². The normalized spacial score (nSPS) is 17.4. The standard InChI is InChI=1S/C30H31N3O4S2/c1-2-21-11-16-26-28(19-21)38-30(31-26)32(20-24-9-6-18-37-24)29(34)23-12-14-25(15-13-23)39(35,36)33-17-5-8-22-7-3-4-10-27(22)33/h3-4,7,10-16,19,24H,2,5-6,8-9,17-18,20H2,1H3. The van der Waals surface area contributed by atoms with Crippen LogP contribution in [0, 0.1) is 0 Å². The molecule has 9 heteroatoms. The number of amides is 1. The smallest absolute Gasteiger partial charge is 0.264 e. The minimum Gasteiger partial charge on any atom is -0.376 e. The van der Waals surface area contributed by atoms with Crippen molar-refractivity contribution in [2.45, 2.75) is 50.0 Å². The van der Waals surface area contributed by atoms with Crippen molar-refractivity contribution >= 4 is 48.3 Å². The average Bonchev–Trinajstić information content (AvgIpc) is 3.64. The number of nitrogens with zero attached hydrogens (tertiary/aromatic N) is 3. The van der Waals surface area contributed by atoms with E-state index >= 15 is 0 Å². The Morgan fingerprint density at radius 1 is 1.10 bits per heavy atom. The van der Waals surface area contributed by atoms with E-state index in [-0.39, 0.29) is 16.9 Å². The highest BCUT2D eigenvalue weighted by Gasteiger charge is 2.30. The Balaban J connectivity index is 1.30. The van der Waals surface area contributed by atoms with Gasteiger partial charge in [0.2, 0.25) is 0 Å². The molecule has 1 fully saturated rings. The Morgan fingerprint density at radius 2 is 1.92 bits per heavy atom. The number of aromatic nitrogens is 1. The highest BCUT2D eigenvalue weighted by atomic mass is 32.2. The summed E-state index contributed by atoms with van der Waals surface area (Å²) in [5.74, 6) is -0.215. The molecule has 39 heavy (non-hydrogen) atoms. The first kappa shape index (κ1) is 26.0. The predicted octanol–water partition coefficient (Wildman–Crippen LogP) is 5.83. The van der Waals surface area contributed by atoms with E-state index in [9.17, 15) is 13.2 Å². The molecule has 3 aromatic carbocycles. The maximum Gasteiger partial charge on any atom is 0.264 e. The topological polar surface area (TPSA) is 79.8 Å². The number of fused-ring (bicyclic) bond motifs is 2. The van der Waals surface area contributed by atoms with Crippen LogP contribution >= 0.6 is 11.3 Å². The van der Waals surface area contributed by atoms with Crippen molar-refractivity contribution in [3.63, 3.8) is 0 Å². The molecule has 2 aliphatic heterocycles. The zero-order chi connectivity index (χ0) is 27.0. The van der Waals surface area contributed by atoms with Gasteiger partial charge in [0.15, 0.2) is 5.13 Å². The van der Waals surface area contributed by atoms with Gasteiger partial charge in [-0.2, -0.15) is 0 Å². The Labute approximate surface area is 233 Å². The lowest BCUT2D eigenvalue weighted by Crippen LogP contribution is -2.37. The molecule has 0 saturated carbocycles. The summed E-state index contributed by atoms with van der Waals surface area (Å²) in [4.78, 5) is 20.5.